The zero-order valence-corrected chi connectivity index (χ0v) is 19.2. The molecule has 2 fully saturated rings. The number of halogens is 1. The second-order valence-electron chi connectivity index (χ2n) is 9.23. The van der Waals surface area contributed by atoms with Gasteiger partial charge in [0.15, 0.2) is 0 Å². The monoisotopic (exact) mass is 439 g/mol. The van der Waals surface area contributed by atoms with Gasteiger partial charge in [-0.25, -0.2) is 4.79 Å². The van der Waals surface area contributed by atoms with E-state index in [0.717, 1.165) is 42.4 Å². The van der Waals surface area contributed by atoms with Gasteiger partial charge in [0, 0.05) is 23.7 Å². The first-order valence-electron chi connectivity index (χ1n) is 11.7. The van der Waals surface area contributed by atoms with Crippen molar-refractivity contribution in [2.24, 2.45) is 5.92 Å². The molecule has 1 saturated heterocycles. The Hall–Kier alpha value is -2.04. The lowest BCUT2D eigenvalue weighted by Gasteiger charge is -2.38. The summed E-state index contributed by atoms with van der Waals surface area (Å²) in [6, 6.07) is 17.3. The van der Waals surface area contributed by atoms with Crippen LogP contribution in [-0.2, 0) is 13.0 Å². The van der Waals surface area contributed by atoms with Crippen LogP contribution >= 0.6 is 11.6 Å². The summed E-state index contributed by atoms with van der Waals surface area (Å²) >= 11 is 6.01. The molecule has 2 N–H and O–H groups in total. The first-order chi connectivity index (χ1) is 15.1. The Labute approximate surface area is 191 Å². The van der Waals surface area contributed by atoms with E-state index in [-0.39, 0.29) is 12.1 Å². The molecule has 4 rings (SSSR count). The van der Waals surface area contributed by atoms with E-state index in [0.29, 0.717) is 12.6 Å². The third-order valence-electron chi connectivity index (χ3n) is 6.93. The highest BCUT2D eigenvalue weighted by atomic mass is 35.5. The molecular weight excluding hydrogens is 406 g/mol. The van der Waals surface area contributed by atoms with Gasteiger partial charge in [0.05, 0.1) is 0 Å². The van der Waals surface area contributed by atoms with Gasteiger partial charge in [0.2, 0.25) is 0 Å². The van der Waals surface area contributed by atoms with Crippen molar-refractivity contribution in [2.45, 2.75) is 64.1 Å². The van der Waals surface area contributed by atoms with Gasteiger partial charge >= 0.3 is 6.03 Å². The summed E-state index contributed by atoms with van der Waals surface area (Å²) in [5, 5.41) is 7.10. The largest absolute Gasteiger partial charge is 0.334 e. The number of hydrogen-bond acceptors (Lipinski definition) is 2. The fourth-order valence-electron chi connectivity index (χ4n) is 5.10. The molecule has 1 aliphatic heterocycles. The van der Waals surface area contributed by atoms with Gasteiger partial charge in [-0.2, -0.15) is 0 Å². The molecule has 0 radical (unpaired) electrons. The number of urea groups is 1. The van der Waals surface area contributed by atoms with Crippen molar-refractivity contribution in [3.8, 4) is 0 Å². The maximum absolute atomic E-state index is 12.5. The molecule has 2 amide bonds. The Morgan fingerprint density at radius 3 is 2.35 bits per heavy atom. The van der Waals surface area contributed by atoms with E-state index in [9.17, 15) is 4.79 Å². The maximum Gasteiger partial charge on any atom is 0.315 e. The molecule has 0 bridgehead atoms. The molecule has 5 heteroatoms. The quantitative estimate of drug-likeness (QED) is 0.639. The molecular formula is C26H34ClN3O. The number of rotatable bonds is 6. The zero-order chi connectivity index (χ0) is 21.6. The molecule has 31 heavy (non-hydrogen) atoms. The van der Waals surface area contributed by atoms with Crippen LogP contribution in [0.15, 0.2) is 48.5 Å². The first-order valence-corrected chi connectivity index (χ1v) is 12.0. The van der Waals surface area contributed by atoms with Gasteiger partial charge < -0.3 is 10.6 Å². The van der Waals surface area contributed by atoms with E-state index in [2.05, 4.69) is 58.9 Å². The number of amides is 2. The average Bonchev–Trinajstić information content (AvgIpc) is 3.23. The Bertz CT molecular complexity index is 844. The fourth-order valence-corrected chi connectivity index (χ4v) is 5.22. The molecule has 2 aromatic rings. The number of nitrogens with one attached hydrogen (secondary N) is 2. The average molecular weight is 440 g/mol. The number of aryl methyl sites for hydroxylation is 1. The van der Waals surface area contributed by atoms with E-state index in [1.165, 1.54) is 36.8 Å². The van der Waals surface area contributed by atoms with Crippen LogP contribution in [0.1, 0.15) is 48.8 Å². The van der Waals surface area contributed by atoms with E-state index < -0.39 is 0 Å². The Morgan fingerprint density at radius 2 is 1.65 bits per heavy atom. The lowest BCUT2D eigenvalue weighted by atomic mass is 9.89. The van der Waals surface area contributed by atoms with Crippen LogP contribution in [0, 0.1) is 12.8 Å². The zero-order valence-electron chi connectivity index (χ0n) is 18.4. The molecule has 2 unspecified atom stereocenters. The molecule has 1 aliphatic carbocycles. The van der Waals surface area contributed by atoms with Gasteiger partial charge in [-0.15, -0.1) is 0 Å². The lowest BCUT2D eigenvalue weighted by molar-refractivity contribution is 0.118. The van der Waals surface area contributed by atoms with Crippen LogP contribution in [0.25, 0.3) is 0 Å². The van der Waals surface area contributed by atoms with Crippen LogP contribution in [0.5, 0.6) is 0 Å². The number of carbonyl (C=O) groups excluding carboxylic acids is 1. The van der Waals surface area contributed by atoms with Crippen molar-refractivity contribution in [3.05, 3.63) is 70.2 Å². The van der Waals surface area contributed by atoms with Gasteiger partial charge in [0.25, 0.3) is 0 Å². The topological polar surface area (TPSA) is 44.4 Å². The predicted octanol–water partition coefficient (Wildman–Crippen LogP) is 5.32. The normalized spacial score (nSPS) is 22.4. The molecule has 1 saturated carbocycles. The molecule has 2 aliphatic rings. The van der Waals surface area contributed by atoms with Crippen LogP contribution in [-0.4, -0.2) is 36.1 Å². The third-order valence-corrected chi connectivity index (χ3v) is 7.18. The second-order valence-corrected chi connectivity index (χ2v) is 9.66. The summed E-state index contributed by atoms with van der Waals surface area (Å²) in [4.78, 5) is 15.1. The predicted molar refractivity (Wildman–Crippen MR) is 127 cm³/mol. The second kappa shape index (κ2) is 10.5. The van der Waals surface area contributed by atoms with E-state index in [4.69, 9.17) is 11.6 Å². The van der Waals surface area contributed by atoms with E-state index in [1.807, 2.05) is 12.1 Å². The highest BCUT2D eigenvalue weighted by Crippen LogP contribution is 2.30. The molecule has 0 aromatic heterocycles. The van der Waals surface area contributed by atoms with Crippen molar-refractivity contribution >= 4 is 17.6 Å². The van der Waals surface area contributed by atoms with Crippen LogP contribution in [0.4, 0.5) is 4.79 Å². The number of piperidine rings is 1. The van der Waals surface area contributed by atoms with Crippen molar-refractivity contribution in [1.82, 2.24) is 15.5 Å². The van der Waals surface area contributed by atoms with Crippen LogP contribution in [0.3, 0.4) is 0 Å². The van der Waals surface area contributed by atoms with Crippen LogP contribution < -0.4 is 10.6 Å². The molecule has 2 atom stereocenters. The molecule has 1 heterocycles. The standard InChI is InChI=1S/C26H34ClN3O/c1-19-5-7-22(8-6-19)18-28-26(31)29-24-3-2-4-25(24)30-15-13-21(14-16-30)17-20-9-11-23(27)12-10-20/h5-12,21,24-25H,2-4,13-18H2,1H3,(H2,28,29,31). The fraction of sp³-hybridized carbons (Fsp3) is 0.500. The van der Waals surface area contributed by atoms with E-state index in [1.54, 1.807) is 0 Å². The van der Waals surface area contributed by atoms with Crippen LogP contribution in [0.2, 0.25) is 5.02 Å². The summed E-state index contributed by atoms with van der Waals surface area (Å²) in [5.74, 6) is 0.739. The van der Waals surface area contributed by atoms with E-state index >= 15 is 0 Å². The number of likely N-dealkylation sites (tertiary alicyclic amines) is 1. The van der Waals surface area contributed by atoms with Gasteiger partial charge in [-0.05, 0) is 87.7 Å². The molecule has 0 spiro atoms. The number of benzene rings is 2. The Morgan fingerprint density at radius 1 is 0.968 bits per heavy atom. The first kappa shape index (κ1) is 22.2. The number of nitrogens with zero attached hydrogens (tertiary/aromatic N) is 1. The van der Waals surface area contributed by atoms with Gasteiger partial charge in [-0.3, -0.25) is 4.90 Å². The minimum Gasteiger partial charge on any atom is -0.334 e. The van der Waals surface area contributed by atoms with Crippen molar-refractivity contribution in [3.63, 3.8) is 0 Å². The Kier molecular flexibility index (Phi) is 7.52. The van der Waals surface area contributed by atoms with Gasteiger partial charge in [-0.1, -0.05) is 53.6 Å². The summed E-state index contributed by atoms with van der Waals surface area (Å²) < 4.78 is 0. The maximum atomic E-state index is 12.5. The van der Waals surface area contributed by atoms with Crippen molar-refractivity contribution < 1.29 is 4.79 Å². The third kappa shape index (κ3) is 6.24. The minimum absolute atomic E-state index is 0.0462. The summed E-state index contributed by atoms with van der Waals surface area (Å²) in [6.07, 6.45) is 7.05. The number of carbonyl (C=O) groups is 1. The number of hydrogen-bond donors (Lipinski definition) is 2. The Balaban J connectivity index is 1.22. The highest BCUT2D eigenvalue weighted by molar-refractivity contribution is 6.30. The van der Waals surface area contributed by atoms with Crippen molar-refractivity contribution in [2.75, 3.05) is 13.1 Å². The molecule has 166 valence electrons. The molecule has 4 nitrogen and oxygen atoms in total. The van der Waals surface area contributed by atoms with Gasteiger partial charge in [0.1, 0.15) is 0 Å². The molecule has 2 aromatic carbocycles. The summed E-state index contributed by atoms with van der Waals surface area (Å²) in [7, 11) is 0. The lowest BCUT2D eigenvalue weighted by Crippen LogP contribution is -2.53. The highest BCUT2D eigenvalue weighted by Gasteiger charge is 2.34. The SMILES string of the molecule is Cc1ccc(CNC(=O)NC2CCCC2N2CCC(Cc3ccc(Cl)cc3)CC2)cc1. The van der Waals surface area contributed by atoms with Crippen molar-refractivity contribution in [1.29, 1.82) is 0 Å². The summed E-state index contributed by atoms with van der Waals surface area (Å²) in [6.45, 7) is 4.91. The minimum atomic E-state index is -0.0462. The smallest absolute Gasteiger partial charge is 0.315 e. The summed E-state index contributed by atoms with van der Waals surface area (Å²) in [5.41, 5.74) is 3.75.